The summed E-state index contributed by atoms with van der Waals surface area (Å²) in [7, 11) is 0. The van der Waals surface area contributed by atoms with Crippen molar-refractivity contribution in [3.05, 3.63) is 34.1 Å². The first-order chi connectivity index (χ1) is 7.25. The van der Waals surface area contributed by atoms with Crippen LogP contribution in [0.15, 0.2) is 22.7 Å². The van der Waals surface area contributed by atoms with Crippen molar-refractivity contribution in [2.45, 2.75) is 6.54 Å². The van der Waals surface area contributed by atoms with Gasteiger partial charge >= 0.3 is 0 Å². The smallest absolute Gasteiger partial charge is 0.123 e. The predicted octanol–water partition coefficient (Wildman–Crippen LogP) is 2.42. The lowest BCUT2D eigenvalue weighted by molar-refractivity contribution is 0.0340. The van der Waals surface area contributed by atoms with Gasteiger partial charge in [-0.25, -0.2) is 4.39 Å². The third-order valence-electron chi connectivity index (χ3n) is 2.51. The number of rotatable bonds is 2. The standard InChI is InChI=1S/C11H13BrFNO/c12-11-2-1-10(13)7-9(11)8-14-3-5-15-6-4-14/h1-2,7H,3-6,8H2. The van der Waals surface area contributed by atoms with Crippen LogP contribution in [0.2, 0.25) is 0 Å². The molecule has 0 aliphatic carbocycles. The highest BCUT2D eigenvalue weighted by atomic mass is 79.9. The molecule has 1 aliphatic rings. The van der Waals surface area contributed by atoms with E-state index in [1.807, 2.05) is 0 Å². The summed E-state index contributed by atoms with van der Waals surface area (Å²) in [5.74, 6) is -0.179. The Kier molecular flexibility index (Phi) is 3.72. The minimum Gasteiger partial charge on any atom is -0.379 e. The maximum atomic E-state index is 13.0. The first-order valence-corrected chi connectivity index (χ1v) is 5.79. The van der Waals surface area contributed by atoms with Crippen LogP contribution < -0.4 is 0 Å². The van der Waals surface area contributed by atoms with Gasteiger partial charge in [-0.15, -0.1) is 0 Å². The Balaban J connectivity index is 2.05. The Morgan fingerprint density at radius 2 is 2.07 bits per heavy atom. The van der Waals surface area contributed by atoms with Crippen molar-refractivity contribution in [3.8, 4) is 0 Å². The van der Waals surface area contributed by atoms with Crippen LogP contribution in [0.25, 0.3) is 0 Å². The molecule has 1 aromatic rings. The quantitative estimate of drug-likeness (QED) is 0.821. The minimum atomic E-state index is -0.179. The van der Waals surface area contributed by atoms with Crippen molar-refractivity contribution < 1.29 is 9.13 Å². The second-order valence-electron chi connectivity index (χ2n) is 3.62. The van der Waals surface area contributed by atoms with E-state index in [4.69, 9.17) is 4.74 Å². The van der Waals surface area contributed by atoms with Gasteiger partial charge in [0.05, 0.1) is 13.2 Å². The summed E-state index contributed by atoms with van der Waals surface area (Å²) in [5, 5.41) is 0. The Bertz CT molecular complexity index is 339. The van der Waals surface area contributed by atoms with Crippen molar-refractivity contribution in [2.75, 3.05) is 26.3 Å². The normalized spacial score (nSPS) is 18.0. The number of hydrogen-bond donors (Lipinski definition) is 0. The molecule has 0 aromatic heterocycles. The summed E-state index contributed by atoms with van der Waals surface area (Å²) >= 11 is 3.43. The van der Waals surface area contributed by atoms with E-state index < -0.39 is 0 Å². The molecule has 1 aromatic carbocycles. The summed E-state index contributed by atoms with van der Waals surface area (Å²) in [5.41, 5.74) is 0.997. The van der Waals surface area contributed by atoms with Crippen LogP contribution in [0.1, 0.15) is 5.56 Å². The molecule has 15 heavy (non-hydrogen) atoms. The molecule has 82 valence electrons. The Hall–Kier alpha value is -0.450. The molecule has 0 spiro atoms. The van der Waals surface area contributed by atoms with Gasteiger partial charge in [0.15, 0.2) is 0 Å². The summed E-state index contributed by atoms with van der Waals surface area (Å²) < 4.78 is 19.3. The lowest BCUT2D eigenvalue weighted by Gasteiger charge is -2.26. The van der Waals surface area contributed by atoms with Gasteiger partial charge in [-0.05, 0) is 23.8 Å². The number of benzene rings is 1. The zero-order chi connectivity index (χ0) is 10.7. The molecule has 0 radical (unpaired) electrons. The number of ether oxygens (including phenoxy) is 1. The van der Waals surface area contributed by atoms with Gasteiger partial charge in [0.1, 0.15) is 5.82 Å². The molecule has 2 nitrogen and oxygen atoms in total. The summed E-state index contributed by atoms with van der Waals surface area (Å²) in [6, 6.07) is 4.80. The van der Waals surface area contributed by atoms with Crippen molar-refractivity contribution in [2.24, 2.45) is 0 Å². The van der Waals surface area contributed by atoms with Crippen LogP contribution in [-0.2, 0) is 11.3 Å². The van der Waals surface area contributed by atoms with Gasteiger partial charge in [-0.2, -0.15) is 0 Å². The summed E-state index contributed by atoms with van der Waals surface area (Å²) in [6.45, 7) is 4.16. The Labute approximate surface area is 97.2 Å². The van der Waals surface area contributed by atoms with Gasteiger partial charge in [-0.1, -0.05) is 15.9 Å². The molecule has 1 fully saturated rings. The molecule has 0 N–H and O–H groups in total. The Morgan fingerprint density at radius 3 is 2.80 bits per heavy atom. The largest absolute Gasteiger partial charge is 0.379 e. The molecular formula is C11H13BrFNO. The second-order valence-corrected chi connectivity index (χ2v) is 4.48. The average Bonchev–Trinajstić information content (AvgIpc) is 2.25. The van der Waals surface area contributed by atoms with E-state index in [2.05, 4.69) is 20.8 Å². The zero-order valence-electron chi connectivity index (χ0n) is 8.38. The minimum absolute atomic E-state index is 0.179. The predicted molar refractivity (Wildman–Crippen MR) is 60.2 cm³/mol. The van der Waals surface area contributed by atoms with Gasteiger partial charge < -0.3 is 4.74 Å². The zero-order valence-corrected chi connectivity index (χ0v) is 9.96. The van der Waals surface area contributed by atoms with Crippen LogP contribution in [0.5, 0.6) is 0 Å². The van der Waals surface area contributed by atoms with Crippen LogP contribution in [0.3, 0.4) is 0 Å². The van der Waals surface area contributed by atoms with Crippen molar-refractivity contribution >= 4 is 15.9 Å². The SMILES string of the molecule is Fc1ccc(Br)c(CN2CCOCC2)c1. The van der Waals surface area contributed by atoms with Gasteiger partial charge in [0.25, 0.3) is 0 Å². The molecule has 1 saturated heterocycles. The maximum Gasteiger partial charge on any atom is 0.123 e. The fraction of sp³-hybridized carbons (Fsp3) is 0.455. The van der Waals surface area contributed by atoms with Crippen LogP contribution in [-0.4, -0.2) is 31.2 Å². The fourth-order valence-corrected chi connectivity index (χ4v) is 2.04. The van der Waals surface area contributed by atoms with Crippen molar-refractivity contribution in [1.29, 1.82) is 0 Å². The Morgan fingerprint density at radius 1 is 1.33 bits per heavy atom. The fourth-order valence-electron chi connectivity index (χ4n) is 1.66. The molecule has 0 atom stereocenters. The highest BCUT2D eigenvalue weighted by molar-refractivity contribution is 9.10. The lowest BCUT2D eigenvalue weighted by atomic mass is 10.2. The topological polar surface area (TPSA) is 12.5 Å². The number of halogens is 2. The van der Waals surface area contributed by atoms with Gasteiger partial charge in [0.2, 0.25) is 0 Å². The third-order valence-corrected chi connectivity index (χ3v) is 3.28. The lowest BCUT2D eigenvalue weighted by Crippen LogP contribution is -2.35. The van der Waals surface area contributed by atoms with E-state index in [0.717, 1.165) is 42.9 Å². The molecular weight excluding hydrogens is 261 g/mol. The van der Waals surface area contributed by atoms with Gasteiger partial charge in [0, 0.05) is 24.1 Å². The van der Waals surface area contributed by atoms with E-state index in [9.17, 15) is 4.39 Å². The molecule has 1 heterocycles. The molecule has 0 unspecified atom stereocenters. The molecule has 0 amide bonds. The highest BCUT2D eigenvalue weighted by Gasteiger charge is 2.12. The van der Waals surface area contributed by atoms with Crippen LogP contribution in [0.4, 0.5) is 4.39 Å². The maximum absolute atomic E-state index is 13.0. The van der Waals surface area contributed by atoms with Crippen LogP contribution in [0, 0.1) is 5.82 Å². The molecule has 0 saturated carbocycles. The van der Waals surface area contributed by atoms with Crippen molar-refractivity contribution in [3.63, 3.8) is 0 Å². The highest BCUT2D eigenvalue weighted by Crippen LogP contribution is 2.19. The second kappa shape index (κ2) is 5.05. The summed E-state index contributed by atoms with van der Waals surface area (Å²) in [6.07, 6.45) is 0. The third kappa shape index (κ3) is 3.00. The average molecular weight is 274 g/mol. The van der Waals surface area contributed by atoms with Gasteiger partial charge in [-0.3, -0.25) is 4.90 Å². The molecule has 0 bridgehead atoms. The number of hydrogen-bond acceptors (Lipinski definition) is 2. The first-order valence-electron chi connectivity index (χ1n) is 5.00. The molecule has 1 aliphatic heterocycles. The molecule has 2 rings (SSSR count). The van der Waals surface area contributed by atoms with E-state index in [0.29, 0.717) is 0 Å². The van der Waals surface area contributed by atoms with E-state index >= 15 is 0 Å². The van der Waals surface area contributed by atoms with Crippen molar-refractivity contribution in [1.82, 2.24) is 4.90 Å². The van der Waals surface area contributed by atoms with Crippen LogP contribution >= 0.6 is 15.9 Å². The first kappa shape index (κ1) is 11.0. The summed E-state index contributed by atoms with van der Waals surface area (Å²) in [4.78, 5) is 2.27. The number of morpholine rings is 1. The van der Waals surface area contributed by atoms with E-state index in [1.165, 1.54) is 6.07 Å². The molecule has 4 heteroatoms. The van der Waals surface area contributed by atoms with E-state index in [1.54, 1.807) is 12.1 Å². The van der Waals surface area contributed by atoms with E-state index in [-0.39, 0.29) is 5.82 Å². The monoisotopic (exact) mass is 273 g/mol. The number of nitrogens with zero attached hydrogens (tertiary/aromatic N) is 1.